The van der Waals surface area contributed by atoms with Gasteiger partial charge in [-0.05, 0) is 31.6 Å². The van der Waals surface area contributed by atoms with Gasteiger partial charge in [-0.2, -0.15) is 0 Å². The van der Waals surface area contributed by atoms with Gasteiger partial charge >= 0.3 is 0 Å². The van der Waals surface area contributed by atoms with Crippen molar-refractivity contribution >= 4 is 0 Å². The Balaban J connectivity index is 2.64. The molecule has 0 amide bonds. The van der Waals surface area contributed by atoms with Crippen molar-refractivity contribution in [1.82, 2.24) is 0 Å². The zero-order chi connectivity index (χ0) is 7.07. The zero-order valence-electron chi connectivity index (χ0n) is 6.86. The molecular formula is C9H16. The van der Waals surface area contributed by atoms with E-state index in [4.69, 9.17) is 0 Å². The molecule has 1 aliphatic carbocycles. The molecule has 52 valence electrons. The Morgan fingerprint density at radius 3 is 2.22 bits per heavy atom. The summed E-state index contributed by atoms with van der Waals surface area (Å²) < 4.78 is 0. The molecule has 1 fully saturated rings. The predicted octanol–water partition coefficient (Wildman–Crippen LogP) is 3.00. The van der Waals surface area contributed by atoms with Crippen LogP contribution < -0.4 is 0 Å². The van der Waals surface area contributed by atoms with Crippen molar-refractivity contribution in [3.05, 3.63) is 11.6 Å². The quantitative estimate of drug-likeness (QED) is 0.471. The van der Waals surface area contributed by atoms with E-state index in [0.29, 0.717) is 5.41 Å². The predicted molar refractivity (Wildman–Crippen MR) is 41.3 cm³/mol. The van der Waals surface area contributed by atoms with Gasteiger partial charge < -0.3 is 0 Å². The van der Waals surface area contributed by atoms with Crippen molar-refractivity contribution in [2.75, 3.05) is 0 Å². The highest BCUT2D eigenvalue weighted by molar-refractivity contribution is 5.20. The van der Waals surface area contributed by atoms with Gasteiger partial charge in [0.1, 0.15) is 0 Å². The summed E-state index contributed by atoms with van der Waals surface area (Å²) in [6.45, 7) is 9.05. The summed E-state index contributed by atoms with van der Waals surface area (Å²) in [6, 6.07) is 0. The topological polar surface area (TPSA) is 0 Å². The van der Waals surface area contributed by atoms with Gasteiger partial charge in [0, 0.05) is 0 Å². The summed E-state index contributed by atoms with van der Waals surface area (Å²) in [5.74, 6) is 0.925. The highest BCUT2D eigenvalue weighted by Gasteiger charge is 2.47. The third-order valence-electron chi connectivity index (χ3n) is 2.99. The lowest BCUT2D eigenvalue weighted by molar-refractivity contribution is 0.618. The van der Waals surface area contributed by atoms with E-state index in [1.807, 2.05) is 0 Å². The molecule has 0 aromatic carbocycles. The van der Waals surface area contributed by atoms with Crippen LogP contribution in [-0.2, 0) is 0 Å². The Labute approximate surface area is 58.0 Å². The first-order valence-corrected chi connectivity index (χ1v) is 3.74. The maximum absolute atomic E-state index is 2.35. The second kappa shape index (κ2) is 1.86. The number of hydrogen-bond donors (Lipinski definition) is 0. The van der Waals surface area contributed by atoms with Crippen LogP contribution in [0.2, 0.25) is 0 Å². The van der Waals surface area contributed by atoms with E-state index in [9.17, 15) is 0 Å². The van der Waals surface area contributed by atoms with E-state index in [2.05, 4.69) is 33.8 Å². The first-order valence-electron chi connectivity index (χ1n) is 3.74. The van der Waals surface area contributed by atoms with Crippen molar-refractivity contribution in [1.29, 1.82) is 0 Å². The fourth-order valence-electron chi connectivity index (χ4n) is 1.46. The first kappa shape index (κ1) is 6.85. The molecule has 0 radical (unpaired) electrons. The summed E-state index contributed by atoms with van der Waals surface area (Å²) in [6.07, 6.45) is 3.63. The molecule has 1 saturated carbocycles. The smallest absolute Gasteiger partial charge is 0.00905 e. The van der Waals surface area contributed by atoms with Crippen molar-refractivity contribution < 1.29 is 0 Å². The number of rotatable bonds is 1. The van der Waals surface area contributed by atoms with Crippen molar-refractivity contribution in [3.63, 3.8) is 0 Å². The molecule has 2 atom stereocenters. The monoisotopic (exact) mass is 124 g/mol. The lowest BCUT2D eigenvalue weighted by atomic mass is 9.97. The fourth-order valence-corrected chi connectivity index (χ4v) is 1.46. The summed E-state index contributed by atoms with van der Waals surface area (Å²) >= 11 is 0. The van der Waals surface area contributed by atoms with Crippen LogP contribution in [0.15, 0.2) is 11.6 Å². The third-order valence-corrected chi connectivity index (χ3v) is 2.99. The average molecular weight is 124 g/mol. The van der Waals surface area contributed by atoms with Crippen molar-refractivity contribution in [2.45, 2.75) is 34.1 Å². The van der Waals surface area contributed by atoms with Crippen molar-refractivity contribution in [2.24, 2.45) is 11.3 Å². The van der Waals surface area contributed by atoms with Gasteiger partial charge in [-0.3, -0.25) is 0 Å². The SMILES string of the molecule is CC=C(C)C1(C)CC1C. The maximum Gasteiger partial charge on any atom is -0.00905 e. The summed E-state index contributed by atoms with van der Waals surface area (Å²) in [4.78, 5) is 0. The van der Waals surface area contributed by atoms with Gasteiger partial charge in [0.2, 0.25) is 0 Å². The molecule has 0 aliphatic heterocycles. The van der Waals surface area contributed by atoms with Crippen LogP contribution in [0.4, 0.5) is 0 Å². The van der Waals surface area contributed by atoms with Crippen LogP contribution in [0.3, 0.4) is 0 Å². The van der Waals surface area contributed by atoms with Gasteiger partial charge in [-0.1, -0.05) is 25.5 Å². The van der Waals surface area contributed by atoms with E-state index in [1.54, 1.807) is 5.57 Å². The molecule has 0 bridgehead atoms. The first-order chi connectivity index (χ1) is 4.11. The maximum atomic E-state index is 2.35. The van der Waals surface area contributed by atoms with Crippen LogP contribution in [0.25, 0.3) is 0 Å². The highest BCUT2D eigenvalue weighted by Crippen LogP contribution is 2.56. The molecule has 0 saturated heterocycles. The average Bonchev–Trinajstić information content (AvgIpc) is 2.41. The van der Waals surface area contributed by atoms with Crippen LogP contribution in [0.5, 0.6) is 0 Å². The van der Waals surface area contributed by atoms with E-state index >= 15 is 0 Å². The fraction of sp³-hybridized carbons (Fsp3) is 0.778. The molecule has 0 aromatic rings. The molecular weight excluding hydrogens is 108 g/mol. The summed E-state index contributed by atoms with van der Waals surface area (Å²) in [7, 11) is 0. The molecule has 0 heteroatoms. The lowest BCUT2D eigenvalue weighted by Crippen LogP contribution is -1.96. The van der Waals surface area contributed by atoms with Gasteiger partial charge in [-0.15, -0.1) is 0 Å². The van der Waals surface area contributed by atoms with Gasteiger partial charge in [0.15, 0.2) is 0 Å². The molecule has 1 aliphatic rings. The minimum Gasteiger partial charge on any atom is -0.0882 e. The Hall–Kier alpha value is -0.260. The summed E-state index contributed by atoms with van der Waals surface area (Å²) in [5.41, 5.74) is 2.14. The van der Waals surface area contributed by atoms with Crippen LogP contribution in [0, 0.1) is 11.3 Å². The molecule has 0 nitrogen and oxygen atoms in total. The minimum absolute atomic E-state index is 0.578. The zero-order valence-corrected chi connectivity index (χ0v) is 6.86. The Bertz CT molecular complexity index is 144. The summed E-state index contributed by atoms with van der Waals surface area (Å²) in [5, 5.41) is 0. The molecule has 0 aromatic heterocycles. The lowest BCUT2D eigenvalue weighted by Gasteiger charge is -2.08. The van der Waals surface area contributed by atoms with Gasteiger partial charge in [0.05, 0.1) is 0 Å². The van der Waals surface area contributed by atoms with E-state index < -0.39 is 0 Å². The third kappa shape index (κ3) is 0.910. The van der Waals surface area contributed by atoms with Crippen LogP contribution in [0.1, 0.15) is 34.1 Å². The second-order valence-corrected chi connectivity index (χ2v) is 3.49. The largest absolute Gasteiger partial charge is 0.0882 e. The molecule has 1 rings (SSSR count). The van der Waals surface area contributed by atoms with Gasteiger partial charge in [-0.25, -0.2) is 0 Å². The molecule has 0 N–H and O–H groups in total. The number of hydrogen-bond acceptors (Lipinski definition) is 0. The Morgan fingerprint density at radius 1 is 1.67 bits per heavy atom. The van der Waals surface area contributed by atoms with E-state index in [-0.39, 0.29) is 0 Å². The second-order valence-electron chi connectivity index (χ2n) is 3.49. The molecule has 0 heterocycles. The minimum atomic E-state index is 0.578. The Morgan fingerprint density at radius 2 is 2.11 bits per heavy atom. The molecule has 9 heavy (non-hydrogen) atoms. The van der Waals surface area contributed by atoms with E-state index in [1.165, 1.54) is 6.42 Å². The molecule has 0 spiro atoms. The standard InChI is InChI=1S/C9H16/c1-5-7(2)9(4)6-8(9)3/h5,8H,6H2,1-4H3. The van der Waals surface area contributed by atoms with Gasteiger partial charge in [0.25, 0.3) is 0 Å². The van der Waals surface area contributed by atoms with Crippen LogP contribution >= 0.6 is 0 Å². The van der Waals surface area contributed by atoms with Crippen LogP contribution in [-0.4, -0.2) is 0 Å². The Kier molecular flexibility index (Phi) is 1.42. The highest BCUT2D eigenvalue weighted by atomic mass is 14.5. The normalized spacial score (nSPS) is 43.1. The number of allylic oxidation sites excluding steroid dienone is 2. The van der Waals surface area contributed by atoms with E-state index in [0.717, 1.165) is 5.92 Å². The van der Waals surface area contributed by atoms with Crippen molar-refractivity contribution in [3.8, 4) is 0 Å². The molecule has 2 unspecified atom stereocenters.